The van der Waals surface area contributed by atoms with Crippen LogP contribution < -0.4 is 0 Å². The molecule has 2 aromatic rings. The molecule has 2 rings (SSSR count). The van der Waals surface area contributed by atoms with Gasteiger partial charge in [-0.2, -0.15) is 0 Å². The summed E-state index contributed by atoms with van der Waals surface area (Å²) in [4.78, 5) is 25.4. The molecule has 0 heterocycles. The summed E-state index contributed by atoms with van der Waals surface area (Å²) >= 11 is 1.08. The van der Waals surface area contributed by atoms with E-state index in [0.717, 1.165) is 17.3 Å². The van der Waals surface area contributed by atoms with Gasteiger partial charge in [0.15, 0.2) is 5.78 Å². The Kier molecular flexibility index (Phi) is 6.31. The third-order valence-corrected chi connectivity index (χ3v) is 5.05. The van der Waals surface area contributed by atoms with E-state index in [9.17, 15) is 18.4 Å². The zero-order valence-electron chi connectivity index (χ0n) is 14.3. The van der Waals surface area contributed by atoms with E-state index in [-0.39, 0.29) is 29.3 Å². The second kappa shape index (κ2) is 8.25. The molecule has 2 aromatic carbocycles. The topological polar surface area (TPSA) is 37.4 Å². The predicted molar refractivity (Wildman–Crippen MR) is 94.7 cm³/mol. The molecule has 0 aromatic heterocycles. The first-order valence-corrected chi connectivity index (χ1v) is 8.72. The van der Waals surface area contributed by atoms with Crippen LogP contribution in [0.15, 0.2) is 47.4 Å². The number of carbonyl (C=O) groups is 2. The zero-order chi connectivity index (χ0) is 18.6. The van der Waals surface area contributed by atoms with Crippen LogP contribution in [-0.2, 0) is 4.79 Å². The smallest absolute Gasteiger partial charge is 0.233 e. The molecule has 1 unspecified atom stereocenters. The second-order valence-electron chi connectivity index (χ2n) is 5.72. The molecular weight excluding hydrogens is 344 g/mol. The summed E-state index contributed by atoms with van der Waals surface area (Å²) in [5.41, 5.74) is 1.12. The Morgan fingerprint density at radius 1 is 1.12 bits per heavy atom. The molecule has 1 amide bonds. The predicted octanol–water partition coefficient (Wildman–Crippen LogP) is 4.48. The van der Waals surface area contributed by atoms with Crippen LogP contribution in [0.4, 0.5) is 8.78 Å². The van der Waals surface area contributed by atoms with Gasteiger partial charge in [-0.15, -0.1) is 11.8 Å². The Balaban J connectivity index is 1.99. The van der Waals surface area contributed by atoms with Gasteiger partial charge in [0.25, 0.3) is 0 Å². The Morgan fingerprint density at radius 2 is 1.76 bits per heavy atom. The molecule has 0 aliphatic heterocycles. The van der Waals surface area contributed by atoms with Gasteiger partial charge >= 0.3 is 0 Å². The van der Waals surface area contributed by atoms with Crippen LogP contribution >= 0.6 is 11.8 Å². The average molecular weight is 363 g/mol. The first kappa shape index (κ1) is 19.1. The fraction of sp³-hybridized carbons (Fsp3) is 0.263. The van der Waals surface area contributed by atoms with Crippen LogP contribution in [0.5, 0.6) is 0 Å². The van der Waals surface area contributed by atoms with E-state index in [1.165, 1.54) is 31.2 Å². The van der Waals surface area contributed by atoms with E-state index in [2.05, 4.69) is 0 Å². The normalized spacial score (nSPS) is 11.9. The molecule has 0 fully saturated rings. The number of carbonyl (C=O) groups excluding carboxylic acids is 2. The summed E-state index contributed by atoms with van der Waals surface area (Å²) in [6.45, 7) is 3.22. The van der Waals surface area contributed by atoms with Crippen molar-refractivity contribution < 1.29 is 18.4 Å². The maximum absolute atomic E-state index is 14.0. The van der Waals surface area contributed by atoms with Gasteiger partial charge in [-0.25, -0.2) is 8.78 Å². The molecule has 0 saturated heterocycles. The highest BCUT2D eigenvalue weighted by molar-refractivity contribution is 8.00. The number of ketones is 1. The van der Waals surface area contributed by atoms with E-state index in [1.807, 2.05) is 6.92 Å². The van der Waals surface area contributed by atoms with Crippen molar-refractivity contribution in [3.63, 3.8) is 0 Å². The maximum Gasteiger partial charge on any atom is 0.233 e. The van der Waals surface area contributed by atoms with Crippen LogP contribution in [0.25, 0.3) is 0 Å². The molecule has 0 saturated carbocycles. The number of hydrogen-bond donors (Lipinski definition) is 0. The molecule has 0 N–H and O–H groups in total. The molecule has 6 heteroatoms. The van der Waals surface area contributed by atoms with Gasteiger partial charge in [0.2, 0.25) is 5.91 Å². The molecular formula is C19H19F2NO2S. The van der Waals surface area contributed by atoms with Crippen LogP contribution in [0.2, 0.25) is 0 Å². The number of benzene rings is 2. The number of thioether (sulfide) groups is 1. The fourth-order valence-corrected chi connectivity index (χ4v) is 3.10. The van der Waals surface area contributed by atoms with Crippen molar-refractivity contribution in [3.8, 4) is 0 Å². The van der Waals surface area contributed by atoms with E-state index in [4.69, 9.17) is 0 Å². The summed E-state index contributed by atoms with van der Waals surface area (Å²) < 4.78 is 27.0. The van der Waals surface area contributed by atoms with Gasteiger partial charge in [-0.3, -0.25) is 9.59 Å². The Morgan fingerprint density at radius 3 is 2.32 bits per heavy atom. The summed E-state index contributed by atoms with van der Waals surface area (Å²) in [5.74, 6) is -1.15. The minimum atomic E-state index is -0.514. The molecule has 0 radical (unpaired) electrons. The lowest BCUT2D eigenvalue weighted by molar-refractivity contribution is -0.128. The van der Waals surface area contributed by atoms with Crippen LogP contribution in [-0.4, -0.2) is 29.4 Å². The molecule has 1 atom stereocenters. The number of Topliss-reactive ketones (excluding diaryl/α,β-unsaturated/α-hetero) is 1. The van der Waals surface area contributed by atoms with Crippen molar-refractivity contribution in [3.05, 3.63) is 65.2 Å². The van der Waals surface area contributed by atoms with E-state index < -0.39 is 5.82 Å². The lowest BCUT2D eigenvalue weighted by Crippen LogP contribution is -2.31. The van der Waals surface area contributed by atoms with Gasteiger partial charge < -0.3 is 4.90 Å². The van der Waals surface area contributed by atoms with Crippen LogP contribution in [0, 0.1) is 11.6 Å². The quantitative estimate of drug-likeness (QED) is 0.561. The monoisotopic (exact) mass is 363 g/mol. The molecule has 25 heavy (non-hydrogen) atoms. The number of halogens is 2. The summed E-state index contributed by atoms with van der Waals surface area (Å²) in [5, 5.41) is 0. The fourth-order valence-electron chi connectivity index (χ4n) is 2.26. The van der Waals surface area contributed by atoms with Gasteiger partial charge in [-0.05, 0) is 43.7 Å². The van der Waals surface area contributed by atoms with Crippen LogP contribution in [0.1, 0.15) is 35.8 Å². The van der Waals surface area contributed by atoms with Crippen LogP contribution in [0.3, 0.4) is 0 Å². The van der Waals surface area contributed by atoms with Crippen molar-refractivity contribution in [1.82, 2.24) is 4.90 Å². The largest absolute Gasteiger partial charge is 0.338 e. The molecule has 0 bridgehead atoms. The molecule has 0 aliphatic carbocycles. The highest BCUT2D eigenvalue weighted by Crippen LogP contribution is 2.25. The second-order valence-corrected chi connectivity index (χ2v) is 6.74. The number of amides is 1. The first-order chi connectivity index (χ1) is 11.8. The van der Waals surface area contributed by atoms with Gasteiger partial charge in [0.1, 0.15) is 11.6 Å². The van der Waals surface area contributed by atoms with Crippen molar-refractivity contribution in [2.24, 2.45) is 0 Å². The standard InChI is InChI=1S/C19H19F2NO2S/c1-12(14-4-7-16(20)8-5-14)22(3)19(24)11-25-18-9-6-15(13(2)23)10-17(18)21/h4-10,12H,11H2,1-3H3. The Bertz CT molecular complexity index is 777. The Labute approximate surface area is 150 Å². The summed E-state index contributed by atoms with van der Waals surface area (Å²) in [7, 11) is 1.66. The molecule has 0 spiro atoms. The molecule has 132 valence electrons. The summed E-state index contributed by atoms with van der Waals surface area (Å²) in [6.07, 6.45) is 0. The van der Waals surface area contributed by atoms with Crippen molar-refractivity contribution >= 4 is 23.5 Å². The number of nitrogens with zero attached hydrogens (tertiary/aromatic N) is 1. The van der Waals surface area contributed by atoms with E-state index in [1.54, 1.807) is 30.1 Å². The van der Waals surface area contributed by atoms with Gasteiger partial charge in [0.05, 0.1) is 11.8 Å². The lowest BCUT2D eigenvalue weighted by Gasteiger charge is -2.25. The lowest BCUT2D eigenvalue weighted by atomic mass is 10.1. The average Bonchev–Trinajstić information content (AvgIpc) is 2.59. The third-order valence-electron chi connectivity index (χ3n) is 4.02. The maximum atomic E-state index is 14.0. The van der Waals surface area contributed by atoms with Crippen molar-refractivity contribution in [2.45, 2.75) is 24.8 Å². The Hall–Kier alpha value is -2.21. The van der Waals surface area contributed by atoms with E-state index in [0.29, 0.717) is 10.5 Å². The third kappa shape index (κ3) is 4.89. The molecule has 3 nitrogen and oxygen atoms in total. The number of hydrogen-bond acceptors (Lipinski definition) is 3. The van der Waals surface area contributed by atoms with Gasteiger partial charge in [0, 0.05) is 17.5 Å². The van der Waals surface area contributed by atoms with E-state index >= 15 is 0 Å². The first-order valence-electron chi connectivity index (χ1n) is 7.74. The minimum absolute atomic E-state index is 0.0678. The van der Waals surface area contributed by atoms with Gasteiger partial charge in [-0.1, -0.05) is 18.2 Å². The number of rotatable bonds is 6. The van der Waals surface area contributed by atoms with Crippen molar-refractivity contribution in [1.29, 1.82) is 0 Å². The highest BCUT2D eigenvalue weighted by Gasteiger charge is 2.18. The van der Waals surface area contributed by atoms with Crippen molar-refractivity contribution in [2.75, 3.05) is 12.8 Å². The SMILES string of the molecule is CC(=O)c1ccc(SCC(=O)N(C)C(C)c2ccc(F)cc2)c(F)c1. The minimum Gasteiger partial charge on any atom is -0.338 e. The summed E-state index contributed by atoms with van der Waals surface area (Å²) in [6, 6.07) is 9.99. The zero-order valence-corrected chi connectivity index (χ0v) is 15.1. The highest BCUT2D eigenvalue weighted by atomic mass is 32.2. The molecule has 0 aliphatic rings.